The fourth-order valence-corrected chi connectivity index (χ4v) is 4.25. The van der Waals surface area contributed by atoms with Crippen LogP contribution >= 0.6 is 0 Å². The Balaban J connectivity index is 1.45. The predicted molar refractivity (Wildman–Crippen MR) is 106 cm³/mol. The minimum Gasteiger partial charge on any atom is -0.348 e. The number of aromatic nitrogens is 1. The average molecular weight is 385 g/mol. The second-order valence-corrected chi connectivity index (χ2v) is 7.27. The number of fused-ring (bicyclic) bond motifs is 2. The van der Waals surface area contributed by atoms with Gasteiger partial charge in [-0.1, -0.05) is 42.5 Å². The van der Waals surface area contributed by atoms with E-state index in [1.54, 1.807) is 29.2 Å². The molecule has 3 heterocycles. The molecular weight excluding hydrogens is 366 g/mol. The number of carbonyl (C=O) groups excluding carboxylic acids is 3. The highest BCUT2D eigenvalue weighted by Gasteiger charge is 2.39. The summed E-state index contributed by atoms with van der Waals surface area (Å²) >= 11 is 0. The molecule has 0 fully saturated rings. The van der Waals surface area contributed by atoms with Crippen molar-refractivity contribution in [3.63, 3.8) is 0 Å². The molecule has 0 N–H and O–H groups in total. The molecule has 0 saturated heterocycles. The van der Waals surface area contributed by atoms with Crippen LogP contribution in [-0.2, 0) is 11.3 Å². The lowest BCUT2D eigenvalue weighted by molar-refractivity contribution is -0.134. The molecule has 6 nitrogen and oxygen atoms in total. The number of nitrogens with zero attached hydrogens (tertiary/aromatic N) is 3. The van der Waals surface area contributed by atoms with Gasteiger partial charge in [0.1, 0.15) is 6.54 Å². The molecule has 1 atom stereocenters. The van der Waals surface area contributed by atoms with Gasteiger partial charge < -0.3 is 9.47 Å². The molecule has 0 spiro atoms. The Labute approximate surface area is 168 Å². The van der Waals surface area contributed by atoms with Crippen molar-refractivity contribution in [1.29, 1.82) is 0 Å². The number of hydrogen-bond donors (Lipinski definition) is 0. The zero-order valence-corrected chi connectivity index (χ0v) is 15.7. The molecule has 0 aliphatic carbocycles. The Morgan fingerprint density at radius 1 is 0.828 bits per heavy atom. The lowest BCUT2D eigenvalue weighted by atomic mass is 10.00. The normalized spacial score (nSPS) is 18.0. The first-order chi connectivity index (χ1) is 14.1. The number of hydrogen-bond acceptors (Lipinski definition) is 3. The van der Waals surface area contributed by atoms with Gasteiger partial charge in [0.15, 0.2) is 0 Å². The third-order valence-electron chi connectivity index (χ3n) is 5.65. The highest BCUT2D eigenvalue weighted by Crippen LogP contribution is 2.33. The van der Waals surface area contributed by atoms with Crippen molar-refractivity contribution in [2.75, 3.05) is 13.1 Å². The van der Waals surface area contributed by atoms with E-state index < -0.39 is 11.8 Å². The molecule has 0 saturated carbocycles. The van der Waals surface area contributed by atoms with E-state index in [2.05, 4.69) is 4.57 Å². The Hall–Kier alpha value is -3.67. The summed E-state index contributed by atoms with van der Waals surface area (Å²) in [6.45, 7) is 0.944. The van der Waals surface area contributed by atoms with E-state index in [0.29, 0.717) is 24.2 Å². The summed E-state index contributed by atoms with van der Waals surface area (Å²) in [5, 5.41) is 0. The van der Waals surface area contributed by atoms with E-state index in [0.717, 1.165) is 16.2 Å². The molecular formula is C23H19N3O3. The van der Waals surface area contributed by atoms with Crippen LogP contribution in [0, 0.1) is 0 Å². The van der Waals surface area contributed by atoms with Crippen LogP contribution in [0.15, 0.2) is 72.9 Å². The van der Waals surface area contributed by atoms with Gasteiger partial charge in [-0.25, -0.2) is 0 Å². The molecule has 3 aromatic rings. The van der Waals surface area contributed by atoms with Crippen molar-refractivity contribution < 1.29 is 14.4 Å². The Morgan fingerprint density at radius 3 is 2.17 bits per heavy atom. The molecule has 2 aromatic carbocycles. The van der Waals surface area contributed by atoms with Crippen LogP contribution in [0.2, 0.25) is 0 Å². The SMILES string of the molecule is O=C1c2ccccc2C(=O)N1CC(=O)N1CCn2cccc2C1c1ccccc1. The number of carbonyl (C=O) groups is 3. The van der Waals surface area contributed by atoms with Gasteiger partial charge in [-0.2, -0.15) is 0 Å². The second-order valence-electron chi connectivity index (χ2n) is 7.27. The molecule has 0 bridgehead atoms. The van der Waals surface area contributed by atoms with Gasteiger partial charge in [-0.3, -0.25) is 19.3 Å². The maximum absolute atomic E-state index is 13.3. The van der Waals surface area contributed by atoms with Crippen molar-refractivity contribution in [1.82, 2.24) is 14.4 Å². The van der Waals surface area contributed by atoms with Gasteiger partial charge in [-0.15, -0.1) is 0 Å². The molecule has 6 heteroatoms. The second kappa shape index (κ2) is 6.74. The van der Waals surface area contributed by atoms with Crippen molar-refractivity contribution in [3.8, 4) is 0 Å². The summed E-state index contributed by atoms with van der Waals surface area (Å²) in [6.07, 6.45) is 2.01. The quantitative estimate of drug-likeness (QED) is 0.652. The zero-order chi connectivity index (χ0) is 20.0. The van der Waals surface area contributed by atoms with Gasteiger partial charge in [0, 0.05) is 25.0 Å². The fraction of sp³-hybridized carbons (Fsp3) is 0.174. The molecule has 29 heavy (non-hydrogen) atoms. The van der Waals surface area contributed by atoms with Crippen LogP contribution in [0.3, 0.4) is 0 Å². The highest BCUT2D eigenvalue weighted by atomic mass is 16.2. The van der Waals surface area contributed by atoms with E-state index >= 15 is 0 Å². The van der Waals surface area contributed by atoms with Crippen LogP contribution < -0.4 is 0 Å². The molecule has 144 valence electrons. The van der Waals surface area contributed by atoms with E-state index in [1.165, 1.54) is 0 Å². The lowest BCUT2D eigenvalue weighted by Gasteiger charge is -2.38. The summed E-state index contributed by atoms with van der Waals surface area (Å²) < 4.78 is 2.14. The first-order valence-corrected chi connectivity index (χ1v) is 9.60. The van der Waals surface area contributed by atoms with Crippen molar-refractivity contribution in [2.24, 2.45) is 0 Å². The number of rotatable bonds is 3. The minimum atomic E-state index is -0.407. The van der Waals surface area contributed by atoms with Crippen LogP contribution in [-0.4, -0.2) is 45.2 Å². The van der Waals surface area contributed by atoms with Crippen LogP contribution in [0.4, 0.5) is 0 Å². The third kappa shape index (κ3) is 2.76. The number of imide groups is 1. The van der Waals surface area contributed by atoms with Crippen LogP contribution in [0.1, 0.15) is 38.0 Å². The summed E-state index contributed by atoms with van der Waals surface area (Å²) in [5.74, 6) is -1.05. The largest absolute Gasteiger partial charge is 0.348 e. The summed E-state index contributed by atoms with van der Waals surface area (Å²) in [5.41, 5.74) is 2.75. The molecule has 2 aliphatic rings. The fourth-order valence-electron chi connectivity index (χ4n) is 4.25. The van der Waals surface area contributed by atoms with Crippen molar-refractivity contribution in [3.05, 3.63) is 95.3 Å². The smallest absolute Gasteiger partial charge is 0.262 e. The highest BCUT2D eigenvalue weighted by molar-refractivity contribution is 6.22. The zero-order valence-electron chi connectivity index (χ0n) is 15.7. The van der Waals surface area contributed by atoms with Gasteiger partial charge in [-0.05, 0) is 29.8 Å². The Kier molecular flexibility index (Phi) is 4.05. The standard InChI is InChI=1S/C23H19N3O3/c27-20(15-26-22(28)17-9-4-5-10-18(17)23(26)29)25-14-13-24-12-6-11-19(24)21(25)16-7-2-1-3-8-16/h1-12,21H,13-15H2. The summed E-state index contributed by atoms with van der Waals surface area (Å²) in [6, 6.07) is 20.3. The van der Waals surface area contributed by atoms with E-state index in [9.17, 15) is 14.4 Å². The molecule has 3 amide bonds. The van der Waals surface area contributed by atoms with Crippen molar-refractivity contribution in [2.45, 2.75) is 12.6 Å². The van der Waals surface area contributed by atoms with E-state index in [-0.39, 0.29) is 18.5 Å². The van der Waals surface area contributed by atoms with Crippen molar-refractivity contribution >= 4 is 17.7 Å². The summed E-state index contributed by atoms with van der Waals surface area (Å²) in [4.78, 5) is 41.4. The average Bonchev–Trinajstić information content (AvgIpc) is 3.33. The molecule has 0 radical (unpaired) electrons. The van der Waals surface area contributed by atoms with E-state index in [1.807, 2.05) is 48.7 Å². The lowest BCUT2D eigenvalue weighted by Crippen LogP contribution is -2.47. The van der Waals surface area contributed by atoms with Crippen LogP contribution in [0.25, 0.3) is 0 Å². The molecule has 1 aromatic heterocycles. The summed E-state index contributed by atoms with van der Waals surface area (Å²) in [7, 11) is 0. The third-order valence-corrected chi connectivity index (χ3v) is 5.65. The monoisotopic (exact) mass is 385 g/mol. The van der Waals surface area contributed by atoms with Gasteiger partial charge in [0.05, 0.1) is 17.2 Å². The number of amides is 3. The molecule has 2 aliphatic heterocycles. The Bertz CT molecular complexity index is 1080. The molecule has 5 rings (SSSR count). The molecule has 1 unspecified atom stereocenters. The minimum absolute atomic E-state index is 0.235. The maximum Gasteiger partial charge on any atom is 0.262 e. The maximum atomic E-state index is 13.3. The first kappa shape index (κ1) is 17.4. The van der Waals surface area contributed by atoms with Gasteiger partial charge >= 0.3 is 0 Å². The van der Waals surface area contributed by atoms with Gasteiger partial charge in [0.2, 0.25) is 5.91 Å². The predicted octanol–water partition coefficient (Wildman–Crippen LogP) is 2.72. The van der Waals surface area contributed by atoms with E-state index in [4.69, 9.17) is 0 Å². The first-order valence-electron chi connectivity index (χ1n) is 9.60. The van der Waals surface area contributed by atoms with Crippen LogP contribution in [0.5, 0.6) is 0 Å². The number of benzene rings is 2. The topological polar surface area (TPSA) is 62.6 Å². The van der Waals surface area contributed by atoms with Gasteiger partial charge in [0.25, 0.3) is 11.8 Å². The Morgan fingerprint density at radius 2 is 1.48 bits per heavy atom.